The summed E-state index contributed by atoms with van der Waals surface area (Å²) in [5.74, 6) is 0. The molecule has 0 spiro atoms. The molecule has 0 bridgehead atoms. The molecule has 0 N–H and O–H groups in total. The van der Waals surface area contributed by atoms with Crippen molar-refractivity contribution in [1.29, 1.82) is 0 Å². The Kier molecular flexibility index (Phi) is 4.80. The van der Waals surface area contributed by atoms with Gasteiger partial charge in [-0.2, -0.15) is 13.2 Å². The fourth-order valence-electron chi connectivity index (χ4n) is 3.86. The van der Waals surface area contributed by atoms with Gasteiger partial charge in [-0.05, 0) is 43.2 Å². The smallest absolute Gasteiger partial charge is 0.258 e. The minimum absolute atomic E-state index is 0.0327. The van der Waals surface area contributed by atoms with E-state index >= 15 is 0 Å². The van der Waals surface area contributed by atoms with Crippen molar-refractivity contribution in [1.82, 2.24) is 0 Å². The first-order valence-corrected chi connectivity index (χ1v) is 9.33. The van der Waals surface area contributed by atoms with Crippen LogP contribution in [0.4, 0.5) is 30.2 Å². The van der Waals surface area contributed by atoms with Crippen LogP contribution in [0.25, 0.3) is 11.1 Å². The number of nitro benzene ring substituents is 2. The third-order valence-electron chi connectivity index (χ3n) is 5.25. The number of hydrogen-bond acceptors (Lipinski definition) is 5. The molecule has 4 rings (SSSR count). The molecule has 0 unspecified atom stereocenters. The second kappa shape index (κ2) is 7.26. The summed E-state index contributed by atoms with van der Waals surface area (Å²) < 4.78 is 41.5. The lowest BCUT2D eigenvalue weighted by Gasteiger charge is -2.13. The third kappa shape index (κ3) is 3.39. The third-order valence-corrected chi connectivity index (χ3v) is 5.25. The maximum atomic E-state index is 13.8. The molecule has 3 aromatic carbocycles. The Morgan fingerprint density at radius 1 is 0.844 bits per heavy atom. The summed E-state index contributed by atoms with van der Waals surface area (Å²) in [6.07, 6.45) is -4.84. The van der Waals surface area contributed by atoms with Crippen LogP contribution >= 0.6 is 0 Å². The lowest BCUT2D eigenvalue weighted by molar-refractivity contribution is -0.385. The van der Waals surface area contributed by atoms with E-state index in [1.165, 1.54) is 6.07 Å². The molecule has 0 heterocycles. The average Bonchev–Trinajstić information content (AvgIpc) is 3.02. The first kappa shape index (κ1) is 21.2. The number of halogens is 3. The van der Waals surface area contributed by atoms with Gasteiger partial charge in [0.25, 0.3) is 11.4 Å². The molecule has 7 nitrogen and oxygen atoms in total. The molecular formula is C22H14F3N3O4. The maximum absolute atomic E-state index is 13.8. The van der Waals surface area contributed by atoms with E-state index in [-0.39, 0.29) is 22.4 Å². The highest BCUT2D eigenvalue weighted by Gasteiger charge is 2.42. The highest BCUT2D eigenvalue weighted by atomic mass is 19.4. The molecular weight excluding hydrogens is 427 g/mol. The van der Waals surface area contributed by atoms with Crippen LogP contribution in [-0.4, -0.2) is 15.6 Å². The normalized spacial score (nSPS) is 13.7. The van der Waals surface area contributed by atoms with Gasteiger partial charge in [-0.25, -0.2) is 4.99 Å². The van der Waals surface area contributed by atoms with Gasteiger partial charge in [-0.3, -0.25) is 20.2 Å². The van der Waals surface area contributed by atoms with Gasteiger partial charge in [-0.1, -0.05) is 17.7 Å². The predicted octanol–water partition coefficient (Wildman–Crippen LogP) is 6.29. The monoisotopic (exact) mass is 441 g/mol. The zero-order chi connectivity index (χ0) is 23.4. The Labute approximate surface area is 179 Å². The molecule has 10 heteroatoms. The number of fused-ring (bicyclic) bond motifs is 3. The molecule has 0 fully saturated rings. The summed E-state index contributed by atoms with van der Waals surface area (Å²) in [6.45, 7) is 3.63. The van der Waals surface area contributed by atoms with Crippen LogP contribution in [0.15, 0.2) is 53.5 Å². The minimum Gasteiger partial charge on any atom is -0.258 e. The van der Waals surface area contributed by atoms with E-state index < -0.39 is 38.5 Å². The first-order valence-electron chi connectivity index (χ1n) is 9.33. The van der Waals surface area contributed by atoms with E-state index in [1.807, 2.05) is 13.0 Å². The summed E-state index contributed by atoms with van der Waals surface area (Å²) in [6, 6.07) is 10.1. The summed E-state index contributed by atoms with van der Waals surface area (Å²) in [7, 11) is 0. The zero-order valence-electron chi connectivity index (χ0n) is 16.7. The van der Waals surface area contributed by atoms with Crippen LogP contribution in [-0.2, 0) is 6.18 Å². The fraction of sp³-hybridized carbons (Fsp3) is 0.136. The van der Waals surface area contributed by atoms with Crippen molar-refractivity contribution in [2.75, 3.05) is 0 Å². The molecule has 32 heavy (non-hydrogen) atoms. The summed E-state index contributed by atoms with van der Waals surface area (Å²) >= 11 is 0. The molecule has 0 saturated carbocycles. The summed E-state index contributed by atoms with van der Waals surface area (Å²) in [5.41, 5.74) is -0.788. The van der Waals surface area contributed by atoms with E-state index in [0.29, 0.717) is 11.8 Å². The first-order chi connectivity index (χ1) is 15.0. The molecule has 162 valence electrons. The van der Waals surface area contributed by atoms with E-state index in [0.717, 1.165) is 29.3 Å². The highest BCUT2D eigenvalue weighted by Crippen LogP contribution is 2.49. The minimum atomic E-state index is -4.84. The fourth-order valence-corrected chi connectivity index (χ4v) is 3.86. The van der Waals surface area contributed by atoms with Crippen LogP contribution in [0, 0.1) is 34.1 Å². The topological polar surface area (TPSA) is 98.6 Å². The van der Waals surface area contributed by atoms with Gasteiger partial charge in [-0.15, -0.1) is 0 Å². The van der Waals surface area contributed by atoms with Gasteiger partial charge in [0.1, 0.15) is 0 Å². The number of non-ortho nitro benzene ring substituents is 1. The van der Waals surface area contributed by atoms with E-state index in [1.54, 1.807) is 19.1 Å². The Bertz CT molecular complexity index is 1350. The summed E-state index contributed by atoms with van der Waals surface area (Å²) in [5, 5.41) is 23.0. The average molecular weight is 441 g/mol. The molecule has 0 amide bonds. The molecule has 0 atom stereocenters. The molecule has 0 aromatic heterocycles. The number of benzene rings is 3. The number of alkyl halides is 3. The van der Waals surface area contributed by atoms with Crippen molar-refractivity contribution in [2.24, 2.45) is 4.99 Å². The predicted molar refractivity (Wildman–Crippen MR) is 111 cm³/mol. The van der Waals surface area contributed by atoms with Gasteiger partial charge in [0.15, 0.2) is 0 Å². The van der Waals surface area contributed by atoms with Crippen molar-refractivity contribution in [3.8, 4) is 11.1 Å². The standard InChI is InChI=1S/C22H14F3N3O4/c1-11-3-7-17(12(2)9-11)26-21-14-5-4-13(27(29)30)10-15(14)19-16(22(23,24)25)6-8-18(20(19)21)28(31)32/h3-10H,1-2H3. The Hall–Kier alpha value is -4.08. The number of aryl methyl sites for hydroxylation is 2. The number of aliphatic imine (C=N–C) groups is 1. The van der Waals surface area contributed by atoms with Gasteiger partial charge < -0.3 is 0 Å². The lowest BCUT2D eigenvalue weighted by atomic mass is 9.97. The van der Waals surface area contributed by atoms with Crippen molar-refractivity contribution in [3.63, 3.8) is 0 Å². The largest absolute Gasteiger partial charge is 0.417 e. The van der Waals surface area contributed by atoms with Gasteiger partial charge in [0, 0.05) is 29.3 Å². The second-order valence-electron chi connectivity index (χ2n) is 7.37. The molecule has 3 aromatic rings. The number of hydrogen-bond donors (Lipinski definition) is 0. The Morgan fingerprint density at radius 3 is 2.16 bits per heavy atom. The molecule has 0 radical (unpaired) electrons. The molecule has 1 aliphatic rings. The SMILES string of the molecule is Cc1ccc(N=C2c3ccc([N+](=O)[O-])cc3-c3c(C(F)(F)F)ccc([N+](=O)[O-])c32)c(C)c1. The Morgan fingerprint density at radius 2 is 1.56 bits per heavy atom. The van der Waals surface area contributed by atoms with E-state index in [2.05, 4.69) is 4.99 Å². The molecule has 0 saturated heterocycles. The van der Waals surface area contributed by atoms with E-state index in [4.69, 9.17) is 0 Å². The highest BCUT2D eigenvalue weighted by molar-refractivity contribution is 6.27. The van der Waals surface area contributed by atoms with Crippen LogP contribution in [0.5, 0.6) is 0 Å². The Balaban J connectivity index is 2.15. The van der Waals surface area contributed by atoms with Crippen LogP contribution in [0.2, 0.25) is 0 Å². The quantitative estimate of drug-likeness (QED) is 0.276. The summed E-state index contributed by atoms with van der Waals surface area (Å²) in [4.78, 5) is 26.0. The van der Waals surface area contributed by atoms with Crippen molar-refractivity contribution in [2.45, 2.75) is 20.0 Å². The van der Waals surface area contributed by atoms with Crippen LogP contribution < -0.4 is 0 Å². The van der Waals surface area contributed by atoms with Crippen molar-refractivity contribution >= 4 is 22.8 Å². The van der Waals surface area contributed by atoms with E-state index in [9.17, 15) is 33.4 Å². The van der Waals surface area contributed by atoms with Crippen LogP contribution in [0.3, 0.4) is 0 Å². The zero-order valence-corrected chi connectivity index (χ0v) is 16.7. The second-order valence-corrected chi connectivity index (χ2v) is 7.37. The van der Waals surface area contributed by atoms with Crippen LogP contribution in [0.1, 0.15) is 27.8 Å². The number of nitrogens with zero attached hydrogens (tertiary/aromatic N) is 3. The maximum Gasteiger partial charge on any atom is 0.417 e. The lowest BCUT2D eigenvalue weighted by Crippen LogP contribution is -2.10. The molecule has 1 aliphatic carbocycles. The number of rotatable bonds is 3. The van der Waals surface area contributed by atoms with Crippen molar-refractivity contribution in [3.05, 3.63) is 96.6 Å². The van der Waals surface area contributed by atoms with Gasteiger partial charge in [0.05, 0.1) is 32.4 Å². The van der Waals surface area contributed by atoms with Gasteiger partial charge in [0.2, 0.25) is 0 Å². The molecule has 0 aliphatic heterocycles. The van der Waals surface area contributed by atoms with Crippen molar-refractivity contribution < 1.29 is 23.0 Å². The van der Waals surface area contributed by atoms with Gasteiger partial charge >= 0.3 is 6.18 Å². The number of nitro groups is 2.